The van der Waals surface area contributed by atoms with Gasteiger partial charge in [0.25, 0.3) is 5.91 Å². The first kappa shape index (κ1) is 16.7. The Hall–Kier alpha value is -1.70. The van der Waals surface area contributed by atoms with Gasteiger partial charge in [0.05, 0.1) is 11.5 Å². The standard InChI is InChI=1S/C14H22N4O3S/c1-4-10(2)16-13(19)12-5-7-15-14(17-12)18(3)11-6-8-22(20,21)9-11/h5,7,10-11H,4,6,8-9H2,1-3H3,(H,16,19). The largest absolute Gasteiger partial charge is 0.348 e. The molecule has 1 N–H and O–H groups in total. The average molecular weight is 326 g/mol. The molecule has 0 spiro atoms. The monoisotopic (exact) mass is 326 g/mol. The van der Waals surface area contributed by atoms with Crippen LogP contribution >= 0.6 is 0 Å². The molecule has 2 atom stereocenters. The topological polar surface area (TPSA) is 92.3 Å². The zero-order chi connectivity index (χ0) is 16.3. The lowest BCUT2D eigenvalue weighted by Gasteiger charge is -2.23. The van der Waals surface area contributed by atoms with Crippen molar-refractivity contribution in [2.45, 2.75) is 38.8 Å². The van der Waals surface area contributed by atoms with E-state index in [1.54, 1.807) is 18.0 Å². The van der Waals surface area contributed by atoms with Crippen LogP contribution in [0.25, 0.3) is 0 Å². The SMILES string of the molecule is CCC(C)NC(=O)c1ccnc(N(C)C2CCS(=O)(=O)C2)n1. The molecule has 2 unspecified atom stereocenters. The van der Waals surface area contributed by atoms with Crippen molar-refractivity contribution in [3.8, 4) is 0 Å². The van der Waals surface area contributed by atoms with Crippen molar-refractivity contribution in [3.63, 3.8) is 0 Å². The van der Waals surface area contributed by atoms with Gasteiger partial charge < -0.3 is 10.2 Å². The lowest BCUT2D eigenvalue weighted by Crippen LogP contribution is -2.35. The highest BCUT2D eigenvalue weighted by atomic mass is 32.2. The van der Waals surface area contributed by atoms with Crippen LogP contribution in [0.15, 0.2) is 12.3 Å². The summed E-state index contributed by atoms with van der Waals surface area (Å²) in [4.78, 5) is 22.3. The third kappa shape index (κ3) is 3.94. The number of carbonyl (C=O) groups is 1. The number of anilines is 1. The fraction of sp³-hybridized carbons (Fsp3) is 0.643. The summed E-state index contributed by atoms with van der Waals surface area (Å²) in [5.74, 6) is 0.427. The smallest absolute Gasteiger partial charge is 0.270 e. The Bertz CT molecular complexity index is 647. The van der Waals surface area contributed by atoms with E-state index in [9.17, 15) is 13.2 Å². The van der Waals surface area contributed by atoms with Gasteiger partial charge >= 0.3 is 0 Å². The lowest BCUT2D eigenvalue weighted by atomic mass is 10.2. The van der Waals surface area contributed by atoms with Crippen LogP contribution in [-0.4, -0.2) is 54.9 Å². The summed E-state index contributed by atoms with van der Waals surface area (Å²) >= 11 is 0. The van der Waals surface area contributed by atoms with E-state index in [-0.39, 0.29) is 35.2 Å². The van der Waals surface area contributed by atoms with Crippen molar-refractivity contribution < 1.29 is 13.2 Å². The summed E-state index contributed by atoms with van der Waals surface area (Å²) in [5, 5.41) is 2.85. The quantitative estimate of drug-likeness (QED) is 0.853. The van der Waals surface area contributed by atoms with E-state index in [4.69, 9.17) is 0 Å². The molecule has 1 aliphatic rings. The van der Waals surface area contributed by atoms with Gasteiger partial charge in [0.15, 0.2) is 9.84 Å². The number of amides is 1. The molecule has 1 aromatic heterocycles. The Morgan fingerprint density at radius 2 is 2.27 bits per heavy atom. The normalized spacial score (nSPS) is 21.3. The number of aromatic nitrogens is 2. The van der Waals surface area contributed by atoms with E-state index in [0.717, 1.165) is 6.42 Å². The van der Waals surface area contributed by atoms with E-state index in [1.165, 1.54) is 6.20 Å². The number of carbonyl (C=O) groups excluding carboxylic acids is 1. The van der Waals surface area contributed by atoms with Gasteiger partial charge in [-0.1, -0.05) is 6.92 Å². The van der Waals surface area contributed by atoms with Gasteiger partial charge in [-0.3, -0.25) is 4.79 Å². The molecule has 2 heterocycles. The number of sulfone groups is 1. The van der Waals surface area contributed by atoms with Crippen molar-refractivity contribution in [2.24, 2.45) is 0 Å². The third-order valence-electron chi connectivity index (χ3n) is 3.94. The number of hydrogen-bond acceptors (Lipinski definition) is 6. The molecule has 1 aromatic rings. The molecule has 122 valence electrons. The highest BCUT2D eigenvalue weighted by molar-refractivity contribution is 7.91. The van der Waals surface area contributed by atoms with E-state index < -0.39 is 9.84 Å². The molecule has 0 aliphatic carbocycles. The first-order valence-electron chi connectivity index (χ1n) is 7.39. The molecule has 0 radical (unpaired) electrons. The van der Waals surface area contributed by atoms with Crippen LogP contribution in [0.2, 0.25) is 0 Å². The second-order valence-electron chi connectivity index (χ2n) is 5.69. The number of rotatable bonds is 5. The second-order valence-corrected chi connectivity index (χ2v) is 7.92. The predicted molar refractivity (Wildman–Crippen MR) is 84.7 cm³/mol. The molecule has 1 fully saturated rings. The maximum Gasteiger partial charge on any atom is 0.270 e. The van der Waals surface area contributed by atoms with Crippen LogP contribution in [-0.2, 0) is 9.84 Å². The molecule has 0 bridgehead atoms. The number of hydrogen-bond donors (Lipinski definition) is 1. The fourth-order valence-corrected chi connectivity index (χ4v) is 4.06. The molecule has 2 rings (SSSR count). The van der Waals surface area contributed by atoms with E-state index in [0.29, 0.717) is 12.4 Å². The molecular formula is C14H22N4O3S. The van der Waals surface area contributed by atoms with Crippen molar-refractivity contribution in [3.05, 3.63) is 18.0 Å². The van der Waals surface area contributed by atoms with E-state index >= 15 is 0 Å². The molecule has 1 amide bonds. The third-order valence-corrected chi connectivity index (χ3v) is 5.69. The Labute approximate surface area is 131 Å². The van der Waals surface area contributed by atoms with Gasteiger partial charge in [-0.05, 0) is 25.8 Å². The van der Waals surface area contributed by atoms with Gasteiger partial charge in [0, 0.05) is 25.3 Å². The second kappa shape index (κ2) is 6.60. The van der Waals surface area contributed by atoms with Crippen molar-refractivity contribution >= 4 is 21.7 Å². The van der Waals surface area contributed by atoms with Crippen molar-refractivity contribution in [2.75, 3.05) is 23.5 Å². The van der Waals surface area contributed by atoms with Gasteiger partial charge in [-0.2, -0.15) is 0 Å². The molecule has 0 saturated carbocycles. The van der Waals surface area contributed by atoms with E-state index in [2.05, 4.69) is 15.3 Å². The molecule has 22 heavy (non-hydrogen) atoms. The van der Waals surface area contributed by atoms with E-state index in [1.807, 2.05) is 13.8 Å². The summed E-state index contributed by atoms with van der Waals surface area (Å²) in [6.07, 6.45) is 2.92. The van der Waals surface area contributed by atoms with Crippen LogP contribution in [0.4, 0.5) is 5.95 Å². The summed E-state index contributed by atoms with van der Waals surface area (Å²) in [6.45, 7) is 3.92. The Morgan fingerprint density at radius 1 is 1.55 bits per heavy atom. The molecule has 8 heteroatoms. The summed E-state index contributed by atoms with van der Waals surface area (Å²) < 4.78 is 23.1. The highest BCUT2D eigenvalue weighted by Crippen LogP contribution is 2.20. The summed E-state index contributed by atoms with van der Waals surface area (Å²) in [6, 6.07) is 1.49. The Kier molecular flexibility index (Phi) is 5.00. The number of nitrogens with zero attached hydrogens (tertiary/aromatic N) is 3. The minimum atomic E-state index is -2.97. The zero-order valence-electron chi connectivity index (χ0n) is 13.1. The van der Waals surface area contributed by atoms with Crippen LogP contribution < -0.4 is 10.2 Å². The van der Waals surface area contributed by atoms with Crippen LogP contribution in [0.1, 0.15) is 37.2 Å². The average Bonchev–Trinajstić information content (AvgIpc) is 2.86. The fourth-order valence-electron chi connectivity index (χ4n) is 2.29. The van der Waals surface area contributed by atoms with Crippen LogP contribution in [0.5, 0.6) is 0 Å². The van der Waals surface area contributed by atoms with Crippen molar-refractivity contribution in [1.29, 1.82) is 0 Å². The first-order valence-corrected chi connectivity index (χ1v) is 9.21. The molecular weight excluding hydrogens is 304 g/mol. The molecule has 1 saturated heterocycles. The minimum Gasteiger partial charge on any atom is -0.348 e. The van der Waals surface area contributed by atoms with Gasteiger partial charge in [-0.15, -0.1) is 0 Å². The summed E-state index contributed by atoms with van der Waals surface area (Å²) in [5.41, 5.74) is 0.290. The highest BCUT2D eigenvalue weighted by Gasteiger charge is 2.31. The predicted octanol–water partition coefficient (Wildman–Crippen LogP) is 0.628. The minimum absolute atomic E-state index is 0.0728. The van der Waals surface area contributed by atoms with Gasteiger partial charge in [0.1, 0.15) is 5.69 Å². The van der Waals surface area contributed by atoms with Crippen LogP contribution in [0, 0.1) is 0 Å². The Morgan fingerprint density at radius 3 is 2.86 bits per heavy atom. The molecule has 7 nitrogen and oxygen atoms in total. The maximum absolute atomic E-state index is 12.1. The van der Waals surface area contributed by atoms with Crippen LogP contribution in [0.3, 0.4) is 0 Å². The summed E-state index contributed by atoms with van der Waals surface area (Å²) in [7, 11) is -1.21. The number of nitrogens with one attached hydrogen (secondary N) is 1. The molecule has 0 aromatic carbocycles. The zero-order valence-corrected chi connectivity index (χ0v) is 13.9. The molecule has 1 aliphatic heterocycles. The Balaban J connectivity index is 2.13. The maximum atomic E-state index is 12.1. The first-order chi connectivity index (χ1) is 10.3. The van der Waals surface area contributed by atoms with Crippen molar-refractivity contribution in [1.82, 2.24) is 15.3 Å². The lowest BCUT2D eigenvalue weighted by molar-refractivity contribution is 0.0934. The van der Waals surface area contributed by atoms with Gasteiger partial charge in [-0.25, -0.2) is 18.4 Å². The van der Waals surface area contributed by atoms with Gasteiger partial charge in [0.2, 0.25) is 5.95 Å².